The molecule has 2 aromatic heterocycles. The van der Waals surface area contributed by atoms with Gasteiger partial charge in [-0.3, -0.25) is 24.2 Å². The molecule has 10 N–H and O–H groups in total. The van der Waals surface area contributed by atoms with Crippen molar-refractivity contribution in [2.24, 2.45) is 22.6 Å². The van der Waals surface area contributed by atoms with E-state index in [1.807, 2.05) is 75.9 Å². The molecule has 4 saturated heterocycles. The first kappa shape index (κ1) is 51.6. The lowest BCUT2D eigenvalue weighted by atomic mass is 9.82. The van der Waals surface area contributed by atoms with Gasteiger partial charge in [-0.05, 0) is 91.7 Å². The third-order valence-electron chi connectivity index (χ3n) is 15.7. The number of carbonyl (C=O) groups excluding carboxylic acids is 3. The second-order valence-corrected chi connectivity index (χ2v) is 22.6. The fourth-order valence-electron chi connectivity index (χ4n) is 11.7. The Morgan fingerprint density at radius 2 is 1.52 bits per heavy atom. The lowest BCUT2D eigenvalue weighted by Crippen LogP contribution is -2.59. The van der Waals surface area contributed by atoms with E-state index < -0.39 is 23.6 Å². The molecule has 4 aromatic rings. The Bertz CT molecular complexity index is 2640. The number of phenols is 1. The number of benzene rings is 2. The van der Waals surface area contributed by atoms with Crippen LogP contribution in [0.5, 0.6) is 5.75 Å². The van der Waals surface area contributed by atoms with E-state index in [0.29, 0.717) is 42.0 Å². The van der Waals surface area contributed by atoms with Gasteiger partial charge in [-0.2, -0.15) is 0 Å². The number of β-amino-alcohol motifs (C(OH)–C–C–N with tert-alkyl or cyclic N) is 1. The predicted octanol–water partition coefficient (Wildman–Crippen LogP) is 3.81. The first-order valence-electron chi connectivity index (χ1n) is 25.9. The molecule has 5 fully saturated rings. The van der Waals surface area contributed by atoms with Crippen LogP contribution >= 0.6 is 11.3 Å². The molecule has 390 valence electrons. The van der Waals surface area contributed by atoms with Crippen molar-refractivity contribution in [1.82, 2.24) is 45.2 Å². The number of aromatic hydroxyl groups is 1. The Hall–Kier alpha value is -6.28. The monoisotopic (exact) mass is 1020 g/mol. The number of aliphatic hydroxyl groups excluding tert-OH is 1. The minimum Gasteiger partial charge on any atom is -0.507 e. The third kappa shape index (κ3) is 11.7. The number of thiazole rings is 1. The Morgan fingerprint density at radius 3 is 2.14 bits per heavy atom. The van der Waals surface area contributed by atoms with Crippen molar-refractivity contribution in [2.75, 3.05) is 57.3 Å². The van der Waals surface area contributed by atoms with Crippen molar-refractivity contribution in [3.8, 4) is 16.2 Å². The summed E-state index contributed by atoms with van der Waals surface area (Å²) in [4.78, 5) is 67.6. The zero-order valence-corrected chi connectivity index (χ0v) is 43.4. The SMILES string of the molecule is Cc1ncsc1-c1ccc(CNC(=O)[C@@H]2C[C@@H](O)CN2C(=O)C(NC(=O)CN2CCN(C3CCC(c4cnc(N5C6CCC5CN(C(/C=C(\N)c5ccccc5O)=C(N)N)C6)nc4)CC3)CC2)C(C)(C)C)cc1. The number of likely N-dealkylation sites (tertiary alicyclic amines) is 2. The van der Waals surface area contributed by atoms with Gasteiger partial charge in [0.2, 0.25) is 23.7 Å². The van der Waals surface area contributed by atoms with Crippen LogP contribution in [-0.4, -0.2) is 151 Å². The number of nitrogens with zero attached hydrogens (tertiary/aromatic N) is 8. The molecular formula is C54H73N13O5S. The average Bonchev–Trinajstić information content (AvgIpc) is 4.07. The van der Waals surface area contributed by atoms with E-state index in [1.54, 1.807) is 35.6 Å². The van der Waals surface area contributed by atoms with E-state index in [0.717, 1.165) is 92.4 Å². The molecule has 3 unspecified atom stereocenters. The number of piperazine rings is 2. The summed E-state index contributed by atoms with van der Waals surface area (Å²) in [6.07, 6.45) is 11.4. The Kier molecular flexibility index (Phi) is 15.6. The lowest BCUT2D eigenvalue weighted by molar-refractivity contribution is -0.144. The number of hydrogen-bond donors (Lipinski definition) is 7. The van der Waals surface area contributed by atoms with Crippen molar-refractivity contribution < 1.29 is 24.6 Å². The van der Waals surface area contributed by atoms with Crippen molar-refractivity contribution in [3.63, 3.8) is 0 Å². The number of amides is 3. The maximum absolute atomic E-state index is 14.2. The number of aromatic nitrogens is 3. The van der Waals surface area contributed by atoms with E-state index in [-0.39, 0.29) is 67.4 Å². The first-order chi connectivity index (χ1) is 35.0. The van der Waals surface area contributed by atoms with Gasteiger partial charge in [-0.25, -0.2) is 15.0 Å². The van der Waals surface area contributed by atoms with Crippen molar-refractivity contribution >= 4 is 40.7 Å². The molecule has 3 amide bonds. The van der Waals surface area contributed by atoms with Crippen molar-refractivity contribution in [1.29, 1.82) is 0 Å². The summed E-state index contributed by atoms with van der Waals surface area (Å²) in [5.74, 6) is 0.511. The van der Waals surface area contributed by atoms with Gasteiger partial charge in [-0.1, -0.05) is 57.2 Å². The highest BCUT2D eigenvalue weighted by atomic mass is 32.1. The van der Waals surface area contributed by atoms with Crippen LogP contribution in [0.15, 0.2) is 84.0 Å². The highest BCUT2D eigenvalue weighted by Crippen LogP contribution is 2.38. The van der Waals surface area contributed by atoms with E-state index >= 15 is 0 Å². The number of fused-ring (bicyclic) bond motifs is 2. The standard InChI is InChI=1S/C54H73N13O5S/c1-33-48(73-32-61-33)36-11-9-34(10-12-36)25-58-51(71)45-23-41(68)30-66(45)52(72)49(54(2,3)4)62-47(70)31-63-19-21-64(22-20-63)38-15-13-35(14-16-38)37-26-59-53(60-27-37)67-39-17-18-40(67)29-65(28-39)44(50(56)57)24-43(55)42-7-5-6-8-46(42)69/h5-12,24,26-27,32,35,38-41,45,49,68-69H,13-23,25,28-31,55-57H2,1-4H3,(H,58,71)(H,62,70)/b43-24-/t35?,38?,39?,40?,41-,45+,49?/m1/s1. The molecule has 5 atom stereocenters. The number of para-hydroxylation sites is 1. The quantitative estimate of drug-likeness (QED) is 0.0888. The topological polar surface area (TPSA) is 249 Å². The molecular weight excluding hydrogens is 943 g/mol. The number of nitrogens with two attached hydrogens (primary N) is 3. The molecule has 19 heteroatoms. The number of anilines is 1. The number of allylic oxidation sites excluding steroid dienone is 1. The molecule has 73 heavy (non-hydrogen) atoms. The second kappa shape index (κ2) is 22.1. The fourth-order valence-corrected chi connectivity index (χ4v) is 12.5. The predicted molar refractivity (Wildman–Crippen MR) is 283 cm³/mol. The van der Waals surface area contributed by atoms with Crippen molar-refractivity contribution in [2.45, 2.75) is 121 Å². The van der Waals surface area contributed by atoms with Gasteiger partial charge in [-0.15, -0.1) is 11.3 Å². The lowest BCUT2D eigenvalue weighted by Gasteiger charge is -2.43. The number of rotatable bonds is 14. The van der Waals surface area contributed by atoms with Gasteiger partial charge in [0.25, 0.3) is 0 Å². The number of carbonyl (C=O) groups is 3. The van der Waals surface area contributed by atoms with Crippen LogP contribution in [0.3, 0.4) is 0 Å². The normalized spacial score (nSPS) is 24.3. The van der Waals surface area contributed by atoms with Gasteiger partial charge in [0, 0.05) is 101 Å². The highest BCUT2D eigenvalue weighted by Gasteiger charge is 2.45. The maximum Gasteiger partial charge on any atom is 0.246 e. The molecule has 18 nitrogen and oxygen atoms in total. The molecule has 0 spiro atoms. The molecule has 2 aromatic carbocycles. The average molecular weight is 1020 g/mol. The number of nitrogens with one attached hydrogen (secondary N) is 2. The number of aryl methyl sites for hydroxylation is 1. The van der Waals surface area contributed by atoms with Crippen LogP contribution in [0.25, 0.3) is 16.1 Å². The second-order valence-electron chi connectivity index (χ2n) is 21.7. The van der Waals surface area contributed by atoms with Crippen LogP contribution in [0.4, 0.5) is 5.95 Å². The van der Waals surface area contributed by atoms with Crippen LogP contribution in [0.1, 0.15) is 94.0 Å². The maximum atomic E-state index is 14.2. The number of phenolic OH excluding ortho intramolecular Hbond substituents is 1. The van der Waals surface area contributed by atoms with Gasteiger partial charge < -0.3 is 52.7 Å². The zero-order chi connectivity index (χ0) is 51.6. The Balaban J connectivity index is 0.718. The smallest absolute Gasteiger partial charge is 0.246 e. The number of hydrogen-bond acceptors (Lipinski definition) is 16. The fraction of sp³-hybridized carbons (Fsp3) is 0.519. The molecule has 1 aliphatic carbocycles. The summed E-state index contributed by atoms with van der Waals surface area (Å²) >= 11 is 1.59. The van der Waals surface area contributed by atoms with Gasteiger partial charge in [0.1, 0.15) is 23.7 Å². The van der Waals surface area contributed by atoms with E-state index in [4.69, 9.17) is 27.2 Å². The summed E-state index contributed by atoms with van der Waals surface area (Å²) in [6, 6.07) is 14.1. The molecule has 1 saturated carbocycles. The Labute approximate surface area is 432 Å². The molecule has 0 radical (unpaired) electrons. The van der Waals surface area contributed by atoms with Crippen molar-refractivity contribution in [3.05, 3.63) is 106 Å². The minimum atomic E-state index is -0.882. The molecule has 4 aliphatic heterocycles. The molecule has 6 heterocycles. The summed E-state index contributed by atoms with van der Waals surface area (Å²) in [6.45, 7) is 12.8. The van der Waals surface area contributed by atoms with E-state index in [1.165, 1.54) is 10.5 Å². The summed E-state index contributed by atoms with van der Waals surface area (Å²) in [5.41, 5.74) is 25.7. The van der Waals surface area contributed by atoms with Gasteiger partial charge in [0.05, 0.1) is 34.4 Å². The highest BCUT2D eigenvalue weighted by molar-refractivity contribution is 7.13. The molecule has 9 rings (SSSR count). The van der Waals surface area contributed by atoms with Gasteiger partial charge >= 0.3 is 0 Å². The number of aliphatic hydroxyl groups is 1. The zero-order valence-electron chi connectivity index (χ0n) is 42.6. The first-order valence-corrected chi connectivity index (χ1v) is 26.8. The molecule has 5 aliphatic rings. The summed E-state index contributed by atoms with van der Waals surface area (Å²) in [7, 11) is 0. The minimum absolute atomic E-state index is 0.0258. The van der Waals surface area contributed by atoms with Crippen LogP contribution in [-0.2, 0) is 20.9 Å². The molecule has 2 bridgehead atoms. The van der Waals surface area contributed by atoms with Gasteiger partial charge in [0.15, 0.2) is 0 Å². The summed E-state index contributed by atoms with van der Waals surface area (Å²) < 4.78 is 0. The third-order valence-corrected chi connectivity index (χ3v) is 16.7. The van der Waals surface area contributed by atoms with Crippen LogP contribution < -0.4 is 32.7 Å². The summed E-state index contributed by atoms with van der Waals surface area (Å²) in [5, 5.41) is 27.1. The van der Waals surface area contributed by atoms with Crippen LogP contribution in [0.2, 0.25) is 0 Å². The Morgan fingerprint density at radius 1 is 0.863 bits per heavy atom. The largest absolute Gasteiger partial charge is 0.507 e. The van der Waals surface area contributed by atoms with E-state index in [9.17, 15) is 24.6 Å². The van der Waals surface area contributed by atoms with Crippen LogP contribution in [0, 0.1) is 12.3 Å². The van der Waals surface area contributed by atoms with E-state index in [2.05, 4.69) is 35.2 Å².